The van der Waals surface area contributed by atoms with Gasteiger partial charge in [0.15, 0.2) is 11.6 Å². The number of halogens is 1. The van der Waals surface area contributed by atoms with Gasteiger partial charge in [-0.05, 0) is 19.3 Å². The third kappa shape index (κ3) is 2.34. The summed E-state index contributed by atoms with van der Waals surface area (Å²) < 4.78 is 13.3. The van der Waals surface area contributed by atoms with E-state index < -0.39 is 5.82 Å². The number of hydrogen-bond acceptors (Lipinski definition) is 4. The van der Waals surface area contributed by atoms with Gasteiger partial charge in [0.05, 0.1) is 6.20 Å². The van der Waals surface area contributed by atoms with Crippen LogP contribution >= 0.6 is 0 Å². The van der Waals surface area contributed by atoms with Crippen LogP contribution in [0.25, 0.3) is 0 Å². The minimum Gasteiger partial charge on any atom is -0.364 e. The molecule has 2 N–H and O–H groups in total. The Kier molecular flexibility index (Phi) is 2.70. The van der Waals surface area contributed by atoms with E-state index in [1.54, 1.807) is 0 Å². The summed E-state index contributed by atoms with van der Waals surface area (Å²) in [7, 11) is 0. The highest BCUT2D eigenvalue weighted by Gasteiger charge is 2.33. The van der Waals surface area contributed by atoms with Crippen molar-refractivity contribution in [1.29, 1.82) is 0 Å². The van der Waals surface area contributed by atoms with E-state index in [0.29, 0.717) is 23.7 Å². The first-order valence-electron chi connectivity index (χ1n) is 5.23. The summed E-state index contributed by atoms with van der Waals surface area (Å²) in [5.41, 5.74) is 0. The van der Waals surface area contributed by atoms with Crippen molar-refractivity contribution in [1.82, 2.24) is 9.97 Å². The standard InChI is InChI=1S/C10H15FN4/c1-3-12-10-13-5-7(11)9(15-10)14-8-4-6(8)2/h5-6,8H,3-4H2,1-2H3,(H2,12,13,14,15). The van der Waals surface area contributed by atoms with E-state index in [2.05, 4.69) is 27.5 Å². The first-order chi connectivity index (χ1) is 7.20. The van der Waals surface area contributed by atoms with Gasteiger partial charge < -0.3 is 10.6 Å². The lowest BCUT2D eigenvalue weighted by molar-refractivity contribution is 0.616. The van der Waals surface area contributed by atoms with Crippen LogP contribution in [0, 0.1) is 11.7 Å². The van der Waals surface area contributed by atoms with Crippen LogP contribution in [-0.2, 0) is 0 Å². The topological polar surface area (TPSA) is 49.8 Å². The Hall–Kier alpha value is -1.39. The number of rotatable bonds is 4. The summed E-state index contributed by atoms with van der Waals surface area (Å²) in [6.07, 6.45) is 2.28. The summed E-state index contributed by atoms with van der Waals surface area (Å²) in [5, 5.41) is 6.02. The zero-order valence-corrected chi connectivity index (χ0v) is 8.92. The van der Waals surface area contributed by atoms with Gasteiger partial charge in [-0.15, -0.1) is 0 Å². The fraction of sp³-hybridized carbons (Fsp3) is 0.600. The molecule has 82 valence electrons. The van der Waals surface area contributed by atoms with E-state index in [1.165, 1.54) is 6.20 Å². The summed E-state index contributed by atoms with van der Waals surface area (Å²) in [6, 6.07) is 0.365. The van der Waals surface area contributed by atoms with Gasteiger partial charge in [-0.1, -0.05) is 6.92 Å². The van der Waals surface area contributed by atoms with Gasteiger partial charge in [0, 0.05) is 12.6 Å². The molecule has 0 amide bonds. The second-order valence-corrected chi connectivity index (χ2v) is 3.88. The predicted octanol–water partition coefficient (Wildman–Crippen LogP) is 1.87. The van der Waals surface area contributed by atoms with Crippen LogP contribution in [0.15, 0.2) is 6.20 Å². The molecule has 0 saturated heterocycles. The molecule has 0 radical (unpaired) electrons. The Balaban J connectivity index is 2.10. The Labute approximate surface area is 88.3 Å². The molecular formula is C10H15FN4. The number of aromatic nitrogens is 2. The normalized spacial score (nSPS) is 23.7. The van der Waals surface area contributed by atoms with Crippen LogP contribution in [0.1, 0.15) is 20.3 Å². The van der Waals surface area contributed by atoms with Crippen LogP contribution in [-0.4, -0.2) is 22.6 Å². The van der Waals surface area contributed by atoms with Crippen LogP contribution in [0.3, 0.4) is 0 Å². The molecule has 0 aliphatic heterocycles. The zero-order valence-electron chi connectivity index (χ0n) is 8.92. The Morgan fingerprint density at radius 1 is 1.60 bits per heavy atom. The largest absolute Gasteiger partial charge is 0.364 e. The lowest BCUT2D eigenvalue weighted by Gasteiger charge is -2.07. The van der Waals surface area contributed by atoms with Crippen LogP contribution in [0.4, 0.5) is 16.2 Å². The fourth-order valence-corrected chi connectivity index (χ4v) is 1.41. The summed E-state index contributed by atoms with van der Waals surface area (Å²) >= 11 is 0. The van der Waals surface area contributed by atoms with Gasteiger partial charge in [0.1, 0.15) is 0 Å². The second-order valence-electron chi connectivity index (χ2n) is 3.88. The molecule has 1 aromatic rings. The molecule has 0 bridgehead atoms. The third-order valence-corrected chi connectivity index (χ3v) is 2.51. The maximum atomic E-state index is 13.3. The minimum atomic E-state index is -0.393. The molecular weight excluding hydrogens is 195 g/mol. The molecule has 2 unspecified atom stereocenters. The summed E-state index contributed by atoms with van der Waals surface area (Å²) in [4.78, 5) is 7.91. The molecule has 1 fully saturated rings. The van der Waals surface area contributed by atoms with Crippen molar-refractivity contribution in [2.24, 2.45) is 5.92 Å². The molecule has 1 aliphatic rings. The quantitative estimate of drug-likeness (QED) is 0.796. The van der Waals surface area contributed by atoms with Gasteiger partial charge in [-0.2, -0.15) is 4.98 Å². The zero-order chi connectivity index (χ0) is 10.8. The van der Waals surface area contributed by atoms with Crippen molar-refractivity contribution >= 4 is 11.8 Å². The van der Waals surface area contributed by atoms with E-state index >= 15 is 0 Å². The smallest absolute Gasteiger partial charge is 0.224 e. The Morgan fingerprint density at radius 3 is 2.93 bits per heavy atom. The van der Waals surface area contributed by atoms with E-state index in [4.69, 9.17) is 0 Å². The molecule has 0 aromatic carbocycles. The molecule has 1 heterocycles. The average Bonchev–Trinajstić information content (AvgIpc) is 2.88. The fourth-order valence-electron chi connectivity index (χ4n) is 1.41. The van der Waals surface area contributed by atoms with Crippen LogP contribution < -0.4 is 10.6 Å². The first-order valence-corrected chi connectivity index (χ1v) is 5.23. The third-order valence-electron chi connectivity index (χ3n) is 2.51. The lowest BCUT2D eigenvalue weighted by atomic mass is 10.4. The average molecular weight is 210 g/mol. The van der Waals surface area contributed by atoms with Crippen molar-refractivity contribution in [3.05, 3.63) is 12.0 Å². The van der Waals surface area contributed by atoms with Crippen LogP contribution in [0.5, 0.6) is 0 Å². The van der Waals surface area contributed by atoms with Crippen molar-refractivity contribution in [3.8, 4) is 0 Å². The highest BCUT2D eigenvalue weighted by Crippen LogP contribution is 2.32. The monoisotopic (exact) mass is 210 g/mol. The number of nitrogens with one attached hydrogen (secondary N) is 2. The van der Waals surface area contributed by atoms with Gasteiger partial charge >= 0.3 is 0 Å². The highest BCUT2D eigenvalue weighted by atomic mass is 19.1. The molecule has 1 saturated carbocycles. The van der Waals surface area contributed by atoms with Gasteiger partial charge in [-0.3, -0.25) is 0 Å². The summed E-state index contributed by atoms with van der Waals surface area (Å²) in [5.74, 6) is 0.989. The summed E-state index contributed by atoms with van der Waals surface area (Å²) in [6.45, 7) is 4.80. The highest BCUT2D eigenvalue weighted by molar-refractivity contribution is 5.43. The van der Waals surface area contributed by atoms with Crippen molar-refractivity contribution in [2.45, 2.75) is 26.3 Å². The van der Waals surface area contributed by atoms with Gasteiger partial charge in [-0.25, -0.2) is 9.37 Å². The number of nitrogens with zero attached hydrogens (tertiary/aromatic N) is 2. The second kappa shape index (κ2) is 4.00. The van der Waals surface area contributed by atoms with Crippen LogP contribution in [0.2, 0.25) is 0 Å². The molecule has 2 rings (SSSR count). The minimum absolute atomic E-state index is 0.301. The molecule has 1 aliphatic carbocycles. The Bertz CT molecular complexity index is 355. The van der Waals surface area contributed by atoms with Crippen molar-refractivity contribution in [2.75, 3.05) is 17.2 Å². The molecule has 2 atom stereocenters. The molecule has 4 nitrogen and oxygen atoms in total. The van der Waals surface area contributed by atoms with E-state index in [0.717, 1.165) is 13.0 Å². The van der Waals surface area contributed by atoms with Crippen molar-refractivity contribution < 1.29 is 4.39 Å². The maximum absolute atomic E-state index is 13.3. The maximum Gasteiger partial charge on any atom is 0.224 e. The van der Waals surface area contributed by atoms with Gasteiger partial charge in [0.2, 0.25) is 5.95 Å². The van der Waals surface area contributed by atoms with Gasteiger partial charge in [0.25, 0.3) is 0 Å². The molecule has 0 spiro atoms. The van der Waals surface area contributed by atoms with E-state index in [-0.39, 0.29) is 0 Å². The van der Waals surface area contributed by atoms with Crippen molar-refractivity contribution in [3.63, 3.8) is 0 Å². The predicted molar refractivity (Wildman–Crippen MR) is 57.3 cm³/mol. The molecule has 15 heavy (non-hydrogen) atoms. The Morgan fingerprint density at radius 2 is 2.33 bits per heavy atom. The number of anilines is 2. The lowest BCUT2D eigenvalue weighted by Crippen LogP contribution is -2.10. The molecule has 5 heteroatoms. The number of hydrogen-bond donors (Lipinski definition) is 2. The molecule has 1 aromatic heterocycles. The van der Waals surface area contributed by atoms with E-state index in [1.807, 2.05) is 6.92 Å². The first kappa shape index (κ1) is 10.1. The SMILES string of the molecule is CCNc1ncc(F)c(NC2CC2C)n1. The van der Waals surface area contributed by atoms with E-state index in [9.17, 15) is 4.39 Å².